The lowest BCUT2D eigenvalue weighted by Gasteiger charge is -2.10. The number of para-hydroxylation sites is 1. The van der Waals surface area contributed by atoms with Gasteiger partial charge >= 0.3 is 0 Å². The Balaban J connectivity index is 1.96. The van der Waals surface area contributed by atoms with E-state index in [2.05, 4.69) is 21.2 Å². The van der Waals surface area contributed by atoms with Crippen LogP contribution in [0.25, 0.3) is 0 Å². The number of hydrogen-bond acceptors (Lipinski definition) is 3. The second-order valence-electron chi connectivity index (χ2n) is 3.98. The van der Waals surface area contributed by atoms with E-state index in [1.54, 1.807) is 30.3 Å². The van der Waals surface area contributed by atoms with Crippen LogP contribution in [0, 0.1) is 5.82 Å². The molecule has 2 rings (SSSR count). The smallest absolute Gasteiger partial charge is 0.262 e. The van der Waals surface area contributed by atoms with E-state index in [1.165, 1.54) is 12.1 Å². The van der Waals surface area contributed by atoms with Gasteiger partial charge in [-0.05, 0) is 40.2 Å². The van der Waals surface area contributed by atoms with Crippen LogP contribution < -0.4 is 15.8 Å². The molecule has 0 fully saturated rings. The zero-order valence-corrected chi connectivity index (χ0v) is 12.0. The fourth-order valence-electron chi connectivity index (χ4n) is 1.53. The number of carbonyl (C=O) groups excluding carboxylic acids is 1. The summed E-state index contributed by atoms with van der Waals surface area (Å²) < 4.78 is 19.3. The van der Waals surface area contributed by atoms with Gasteiger partial charge in [0, 0.05) is 5.69 Å². The highest BCUT2D eigenvalue weighted by Crippen LogP contribution is 2.30. The first-order valence-electron chi connectivity index (χ1n) is 5.79. The molecular weight excluding hydrogens is 327 g/mol. The molecule has 0 heterocycles. The molecule has 4 nitrogen and oxygen atoms in total. The first-order valence-corrected chi connectivity index (χ1v) is 6.58. The third kappa shape index (κ3) is 3.48. The topological polar surface area (TPSA) is 64.3 Å². The maximum Gasteiger partial charge on any atom is 0.262 e. The van der Waals surface area contributed by atoms with Crippen molar-refractivity contribution in [1.82, 2.24) is 0 Å². The number of amides is 1. The lowest BCUT2D eigenvalue weighted by molar-refractivity contribution is -0.118. The van der Waals surface area contributed by atoms with Gasteiger partial charge in [-0.15, -0.1) is 0 Å². The Morgan fingerprint density at radius 3 is 2.75 bits per heavy atom. The van der Waals surface area contributed by atoms with Crippen LogP contribution in [0.15, 0.2) is 46.9 Å². The first kappa shape index (κ1) is 14.3. The van der Waals surface area contributed by atoms with Gasteiger partial charge in [0.15, 0.2) is 6.61 Å². The molecule has 0 radical (unpaired) electrons. The van der Waals surface area contributed by atoms with Crippen LogP contribution in [-0.4, -0.2) is 12.5 Å². The molecule has 0 aliphatic carbocycles. The summed E-state index contributed by atoms with van der Waals surface area (Å²) in [6, 6.07) is 11.0. The minimum atomic E-state index is -0.494. The summed E-state index contributed by atoms with van der Waals surface area (Å²) in [7, 11) is 0. The largest absolute Gasteiger partial charge is 0.483 e. The first-order chi connectivity index (χ1) is 9.58. The number of nitrogens with one attached hydrogen (secondary N) is 1. The third-order valence-electron chi connectivity index (χ3n) is 2.50. The summed E-state index contributed by atoms with van der Waals surface area (Å²) in [4.78, 5) is 11.7. The van der Waals surface area contributed by atoms with Gasteiger partial charge in [-0.3, -0.25) is 4.79 Å². The van der Waals surface area contributed by atoms with E-state index >= 15 is 0 Å². The fourth-order valence-corrected chi connectivity index (χ4v) is 1.91. The van der Waals surface area contributed by atoms with Crippen LogP contribution in [0.3, 0.4) is 0 Å². The lowest BCUT2D eigenvalue weighted by atomic mass is 10.3. The van der Waals surface area contributed by atoms with Crippen LogP contribution >= 0.6 is 15.9 Å². The van der Waals surface area contributed by atoms with Crippen LogP contribution in [0.2, 0.25) is 0 Å². The van der Waals surface area contributed by atoms with Gasteiger partial charge in [-0.2, -0.15) is 0 Å². The summed E-state index contributed by atoms with van der Waals surface area (Å²) >= 11 is 3.27. The molecule has 6 heteroatoms. The van der Waals surface area contributed by atoms with Crippen molar-refractivity contribution >= 4 is 33.2 Å². The molecule has 0 aromatic heterocycles. The third-order valence-corrected chi connectivity index (χ3v) is 3.35. The molecule has 0 aliphatic heterocycles. The summed E-state index contributed by atoms with van der Waals surface area (Å²) in [6.45, 7) is -0.240. The highest BCUT2D eigenvalue weighted by Gasteiger charge is 2.09. The Morgan fingerprint density at radius 1 is 1.25 bits per heavy atom. The van der Waals surface area contributed by atoms with Gasteiger partial charge in [-0.25, -0.2) is 4.39 Å². The van der Waals surface area contributed by atoms with Crippen molar-refractivity contribution in [2.45, 2.75) is 0 Å². The summed E-state index contributed by atoms with van der Waals surface area (Å²) in [5.41, 5.74) is 6.32. The minimum Gasteiger partial charge on any atom is -0.483 e. The SMILES string of the molecule is Nc1cccc(OCC(=O)Nc2ccccc2F)c1Br. The van der Waals surface area contributed by atoms with Crippen molar-refractivity contribution in [3.63, 3.8) is 0 Å². The summed E-state index contributed by atoms with van der Waals surface area (Å²) in [5, 5.41) is 2.43. The molecule has 2 aromatic carbocycles. The van der Waals surface area contributed by atoms with Crippen LogP contribution in [0.4, 0.5) is 15.8 Å². The van der Waals surface area contributed by atoms with Crippen molar-refractivity contribution < 1.29 is 13.9 Å². The molecule has 1 amide bonds. The molecule has 0 aliphatic rings. The molecule has 0 saturated carbocycles. The standard InChI is InChI=1S/C14H12BrFN2O2/c15-14-10(17)5-3-7-12(14)20-8-13(19)18-11-6-2-1-4-9(11)16/h1-7H,8,17H2,(H,18,19). The number of halogens is 2. The average molecular weight is 339 g/mol. The molecule has 0 spiro atoms. The zero-order chi connectivity index (χ0) is 14.5. The highest BCUT2D eigenvalue weighted by molar-refractivity contribution is 9.10. The van der Waals surface area contributed by atoms with Gasteiger partial charge in [0.1, 0.15) is 11.6 Å². The predicted molar refractivity (Wildman–Crippen MR) is 79.1 cm³/mol. The normalized spacial score (nSPS) is 10.1. The Labute approximate surface area is 123 Å². The number of rotatable bonds is 4. The molecular formula is C14H12BrFN2O2. The van der Waals surface area contributed by atoms with Crippen LogP contribution in [0.1, 0.15) is 0 Å². The molecule has 3 N–H and O–H groups in total. The average Bonchev–Trinajstić information content (AvgIpc) is 2.43. The van der Waals surface area contributed by atoms with E-state index in [0.29, 0.717) is 15.9 Å². The zero-order valence-electron chi connectivity index (χ0n) is 10.4. The van der Waals surface area contributed by atoms with Crippen molar-refractivity contribution in [3.8, 4) is 5.75 Å². The molecule has 20 heavy (non-hydrogen) atoms. The van der Waals surface area contributed by atoms with E-state index in [4.69, 9.17) is 10.5 Å². The van der Waals surface area contributed by atoms with Crippen molar-refractivity contribution in [1.29, 1.82) is 0 Å². The lowest BCUT2D eigenvalue weighted by Crippen LogP contribution is -2.20. The number of anilines is 2. The van der Waals surface area contributed by atoms with E-state index in [1.807, 2.05) is 0 Å². The number of carbonyl (C=O) groups is 1. The maximum atomic E-state index is 13.4. The van der Waals surface area contributed by atoms with Crippen molar-refractivity contribution in [3.05, 3.63) is 52.8 Å². The van der Waals surface area contributed by atoms with E-state index in [0.717, 1.165) is 0 Å². The Kier molecular flexibility index (Phi) is 4.57. The van der Waals surface area contributed by atoms with Gasteiger partial charge in [0.25, 0.3) is 5.91 Å². The fraction of sp³-hybridized carbons (Fsp3) is 0.0714. The number of benzene rings is 2. The monoisotopic (exact) mass is 338 g/mol. The summed E-state index contributed by atoms with van der Waals surface area (Å²) in [6.07, 6.45) is 0. The van der Waals surface area contributed by atoms with Crippen LogP contribution in [0.5, 0.6) is 5.75 Å². The number of ether oxygens (including phenoxy) is 1. The Morgan fingerprint density at radius 2 is 2.00 bits per heavy atom. The second-order valence-corrected chi connectivity index (χ2v) is 4.77. The Bertz CT molecular complexity index is 634. The molecule has 104 valence electrons. The Hall–Kier alpha value is -2.08. The molecule has 2 aromatic rings. The molecule has 0 saturated heterocycles. The van der Waals surface area contributed by atoms with Gasteiger partial charge in [0.05, 0.1) is 10.2 Å². The van der Waals surface area contributed by atoms with Crippen molar-refractivity contribution in [2.75, 3.05) is 17.7 Å². The molecule has 0 unspecified atom stereocenters. The number of nitrogen functional groups attached to an aromatic ring is 1. The predicted octanol–water partition coefficient (Wildman–Crippen LogP) is 3.19. The van der Waals surface area contributed by atoms with Crippen molar-refractivity contribution in [2.24, 2.45) is 0 Å². The maximum absolute atomic E-state index is 13.4. The van der Waals surface area contributed by atoms with Crippen LogP contribution in [-0.2, 0) is 4.79 Å². The minimum absolute atomic E-state index is 0.118. The summed E-state index contributed by atoms with van der Waals surface area (Å²) in [5.74, 6) is -0.496. The molecule has 0 atom stereocenters. The second kappa shape index (κ2) is 6.38. The van der Waals surface area contributed by atoms with Gasteiger partial charge in [-0.1, -0.05) is 18.2 Å². The molecule has 0 bridgehead atoms. The van der Waals surface area contributed by atoms with E-state index in [9.17, 15) is 9.18 Å². The van der Waals surface area contributed by atoms with E-state index in [-0.39, 0.29) is 12.3 Å². The highest BCUT2D eigenvalue weighted by atomic mass is 79.9. The quantitative estimate of drug-likeness (QED) is 0.841. The van der Waals surface area contributed by atoms with E-state index < -0.39 is 11.7 Å². The number of nitrogens with two attached hydrogens (primary N) is 1. The van der Waals surface area contributed by atoms with Gasteiger partial charge < -0.3 is 15.8 Å². The number of hydrogen-bond donors (Lipinski definition) is 2. The van der Waals surface area contributed by atoms with Gasteiger partial charge in [0.2, 0.25) is 0 Å².